The van der Waals surface area contributed by atoms with Crippen molar-refractivity contribution in [2.45, 2.75) is 6.61 Å². The number of amides is 1. The topological polar surface area (TPSA) is 29.5 Å². The summed E-state index contributed by atoms with van der Waals surface area (Å²) in [6.45, 7) is 0.242. The van der Waals surface area contributed by atoms with Gasteiger partial charge in [-0.1, -0.05) is 36.8 Å². The van der Waals surface area contributed by atoms with E-state index in [0.29, 0.717) is 0 Å². The highest BCUT2D eigenvalue weighted by Gasteiger charge is 2.06. The number of hydrogen-bond acceptors (Lipinski definition) is 2. The van der Waals surface area contributed by atoms with Gasteiger partial charge < -0.3 is 4.74 Å². The second kappa shape index (κ2) is 4.93. The van der Waals surface area contributed by atoms with E-state index in [4.69, 9.17) is 11.2 Å². The molecular weight excluding hydrogens is 178 g/mol. The second-order valence-corrected chi connectivity index (χ2v) is 2.73. The summed E-state index contributed by atoms with van der Waals surface area (Å²) in [5.41, 5.74) is 0.936. The molecule has 0 radical (unpaired) electrons. The fourth-order valence-corrected chi connectivity index (χ4v) is 0.869. The molecule has 1 rings (SSSR count). The van der Waals surface area contributed by atoms with E-state index < -0.39 is 6.09 Å². The molecule has 0 atom stereocenters. The van der Waals surface area contributed by atoms with Crippen molar-refractivity contribution in [2.75, 3.05) is 7.05 Å². The summed E-state index contributed by atoms with van der Waals surface area (Å²) in [6, 6.07) is 11.6. The van der Waals surface area contributed by atoms with Gasteiger partial charge in [-0.25, -0.2) is 9.69 Å². The summed E-state index contributed by atoms with van der Waals surface area (Å²) >= 11 is 0. The van der Waals surface area contributed by atoms with Crippen LogP contribution in [0.2, 0.25) is 0 Å². The lowest BCUT2D eigenvalue weighted by molar-refractivity contribution is 0.119. The lowest BCUT2D eigenvalue weighted by atomic mass is 10.2. The van der Waals surface area contributed by atoms with E-state index in [1.165, 1.54) is 7.05 Å². The summed E-state index contributed by atoms with van der Waals surface area (Å²) in [5.74, 6) is 0. The number of ether oxygens (including phenoxy) is 1. The Morgan fingerprint density at radius 3 is 2.71 bits per heavy atom. The van der Waals surface area contributed by atoms with Crippen molar-refractivity contribution in [1.82, 2.24) is 4.90 Å². The van der Waals surface area contributed by atoms with Crippen molar-refractivity contribution in [2.24, 2.45) is 0 Å². The minimum Gasteiger partial charge on any atom is -0.444 e. The van der Waals surface area contributed by atoms with Gasteiger partial charge in [0.1, 0.15) is 6.61 Å². The molecule has 3 nitrogen and oxygen atoms in total. The lowest BCUT2D eigenvalue weighted by Crippen LogP contribution is -2.21. The summed E-state index contributed by atoms with van der Waals surface area (Å²) in [7, 11) is 1.48. The van der Waals surface area contributed by atoms with Crippen LogP contribution in [-0.2, 0) is 11.3 Å². The molecule has 0 bridgehead atoms. The third kappa shape index (κ3) is 2.83. The van der Waals surface area contributed by atoms with Crippen LogP contribution in [0.25, 0.3) is 0 Å². The Morgan fingerprint density at radius 1 is 1.50 bits per heavy atom. The van der Waals surface area contributed by atoms with E-state index in [1.54, 1.807) is 0 Å². The molecule has 0 aliphatic carbocycles. The van der Waals surface area contributed by atoms with Crippen LogP contribution >= 0.6 is 0 Å². The molecule has 0 aromatic heterocycles. The monoisotopic (exact) mass is 189 g/mol. The summed E-state index contributed by atoms with van der Waals surface area (Å²) in [4.78, 5) is 12.2. The molecule has 0 spiro atoms. The number of hydrogen-bond donors (Lipinski definition) is 0. The van der Waals surface area contributed by atoms with Crippen LogP contribution in [0.15, 0.2) is 30.3 Å². The molecule has 14 heavy (non-hydrogen) atoms. The highest BCUT2D eigenvalue weighted by atomic mass is 16.6. The summed E-state index contributed by atoms with van der Waals surface area (Å²) in [6.07, 6.45) is 4.50. The Labute approximate surface area is 83.3 Å². The van der Waals surface area contributed by atoms with Crippen molar-refractivity contribution >= 4 is 6.09 Å². The molecule has 0 unspecified atom stereocenters. The quantitative estimate of drug-likeness (QED) is 0.525. The molecule has 0 saturated carbocycles. The molecule has 0 heterocycles. The molecule has 0 aliphatic rings. The Kier molecular flexibility index (Phi) is 3.57. The van der Waals surface area contributed by atoms with Crippen molar-refractivity contribution in [3.05, 3.63) is 35.9 Å². The van der Waals surface area contributed by atoms with Gasteiger partial charge >= 0.3 is 6.09 Å². The average molecular weight is 189 g/mol. The first-order valence-electron chi connectivity index (χ1n) is 4.14. The van der Waals surface area contributed by atoms with E-state index in [9.17, 15) is 4.79 Å². The van der Waals surface area contributed by atoms with E-state index in [0.717, 1.165) is 10.5 Å². The zero-order chi connectivity index (χ0) is 10.4. The van der Waals surface area contributed by atoms with Gasteiger partial charge in [0, 0.05) is 13.1 Å². The van der Waals surface area contributed by atoms with Gasteiger partial charge in [0.05, 0.1) is 0 Å². The normalized spacial score (nSPS) is 8.86. The molecule has 72 valence electrons. The molecule has 0 aliphatic heterocycles. The first-order chi connectivity index (χ1) is 6.74. The smallest absolute Gasteiger partial charge is 0.421 e. The molecule has 3 heteroatoms. The van der Waals surface area contributed by atoms with Gasteiger partial charge in [0.25, 0.3) is 0 Å². The zero-order valence-corrected chi connectivity index (χ0v) is 7.93. The summed E-state index contributed by atoms with van der Waals surface area (Å²) in [5, 5.41) is 0. The molecular formula is C11H11NO2. The van der Waals surface area contributed by atoms with Crippen LogP contribution in [0.5, 0.6) is 0 Å². The first-order valence-corrected chi connectivity index (χ1v) is 4.14. The van der Waals surface area contributed by atoms with Crippen molar-refractivity contribution in [3.8, 4) is 12.5 Å². The minimum absolute atomic E-state index is 0.242. The molecule has 0 N–H and O–H groups in total. The number of carbonyl (C=O) groups is 1. The van der Waals surface area contributed by atoms with E-state index in [1.807, 2.05) is 30.3 Å². The average Bonchev–Trinajstić information content (AvgIpc) is 2.26. The Bertz CT molecular complexity index is 340. The lowest BCUT2D eigenvalue weighted by Gasteiger charge is -2.09. The van der Waals surface area contributed by atoms with Crippen molar-refractivity contribution < 1.29 is 9.53 Å². The predicted molar refractivity (Wildman–Crippen MR) is 53.2 cm³/mol. The van der Waals surface area contributed by atoms with E-state index >= 15 is 0 Å². The van der Waals surface area contributed by atoms with Gasteiger partial charge in [0.15, 0.2) is 0 Å². The van der Waals surface area contributed by atoms with Crippen LogP contribution in [-0.4, -0.2) is 18.0 Å². The minimum atomic E-state index is -0.517. The Balaban J connectivity index is 2.43. The van der Waals surface area contributed by atoms with Gasteiger partial charge in [-0.15, -0.1) is 0 Å². The number of terminal acetylenes is 1. The van der Waals surface area contributed by atoms with Gasteiger partial charge in [-0.05, 0) is 5.56 Å². The molecule has 1 amide bonds. The van der Waals surface area contributed by atoms with E-state index in [-0.39, 0.29) is 6.61 Å². The maximum absolute atomic E-state index is 11.1. The van der Waals surface area contributed by atoms with Crippen LogP contribution < -0.4 is 0 Å². The molecule has 0 saturated heterocycles. The number of rotatable bonds is 2. The largest absolute Gasteiger partial charge is 0.444 e. The Morgan fingerprint density at radius 2 is 2.14 bits per heavy atom. The maximum Gasteiger partial charge on any atom is 0.421 e. The van der Waals surface area contributed by atoms with E-state index in [2.05, 4.69) is 6.04 Å². The standard InChI is InChI=1S/C11H11NO2/c1-3-12(2)11(13)14-9-10-7-5-4-6-8-10/h1,4-8H,9H2,2H3. The predicted octanol–water partition coefficient (Wildman–Crippen LogP) is 1.85. The van der Waals surface area contributed by atoms with Crippen LogP contribution in [0, 0.1) is 12.5 Å². The van der Waals surface area contributed by atoms with Crippen LogP contribution in [0.1, 0.15) is 5.56 Å². The molecule has 1 aromatic carbocycles. The third-order valence-corrected chi connectivity index (χ3v) is 1.67. The van der Waals surface area contributed by atoms with Crippen molar-refractivity contribution in [1.29, 1.82) is 0 Å². The number of benzene rings is 1. The summed E-state index contributed by atoms with van der Waals surface area (Å²) < 4.78 is 4.93. The maximum atomic E-state index is 11.1. The third-order valence-electron chi connectivity index (χ3n) is 1.67. The fraction of sp³-hybridized carbons (Fsp3) is 0.182. The highest BCUT2D eigenvalue weighted by Crippen LogP contribution is 2.01. The fourth-order valence-electron chi connectivity index (χ4n) is 0.869. The Hall–Kier alpha value is -1.95. The van der Waals surface area contributed by atoms with Gasteiger partial charge in [0.2, 0.25) is 0 Å². The first kappa shape index (κ1) is 10.1. The molecule has 0 fully saturated rings. The second-order valence-electron chi connectivity index (χ2n) is 2.73. The van der Waals surface area contributed by atoms with Crippen LogP contribution in [0.4, 0.5) is 4.79 Å². The van der Waals surface area contributed by atoms with Gasteiger partial charge in [-0.3, -0.25) is 0 Å². The van der Waals surface area contributed by atoms with Crippen molar-refractivity contribution in [3.63, 3.8) is 0 Å². The SMILES string of the molecule is C#CN(C)C(=O)OCc1ccccc1. The zero-order valence-electron chi connectivity index (χ0n) is 7.93. The number of nitrogens with zero attached hydrogens (tertiary/aromatic N) is 1. The number of carbonyl (C=O) groups excluding carboxylic acids is 1. The molecule has 1 aromatic rings. The van der Waals surface area contributed by atoms with Crippen LogP contribution in [0.3, 0.4) is 0 Å². The highest BCUT2D eigenvalue weighted by molar-refractivity contribution is 5.69. The van der Waals surface area contributed by atoms with Gasteiger partial charge in [-0.2, -0.15) is 0 Å².